The highest BCUT2D eigenvalue weighted by molar-refractivity contribution is 7.92. The first kappa shape index (κ1) is 21.7. The molecule has 1 aliphatic rings. The zero-order valence-corrected chi connectivity index (χ0v) is 16.8. The molecule has 0 amide bonds. The highest BCUT2D eigenvalue weighted by Crippen LogP contribution is 2.48. The number of rotatable bonds is 6. The number of hydrogen-bond donors (Lipinski definition) is 1. The minimum atomic E-state index is -4.20. The van der Waals surface area contributed by atoms with Crippen LogP contribution in [0, 0.1) is 11.6 Å². The van der Waals surface area contributed by atoms with E-state index in [1.54, 1.807) is 0 Å². The van der Waals surface area contributed by atoms with Gasteiger partial charge in [0.25, 0.3) is 0 Å². The molecule has 5 nitrogen and oxygen atoms in total. The van der Waals surface area contributed by atoms with E-state index in [0.29, 0.717) is 17.9 Å². The zero-order chi connectivity index (χ0) is 21.2. The van der Waals surface area contributed by atoms with Gasteiger partial charge in [0.1, 0.15) is 23.0 Å². The molecule has 2 aromatic rings. The molecule has 0 bridgehead atoms. The maximum atomic E-state index is 14.8. The molecule has 0 radical (unpaired) electrons. The number of aliphatic carboxylic acids is 1. The monoisotopic (exact) mass is 444 g/mol. The summed E-state index contributed by atoms with van der Waals surface area (Å²) >= 11 is 5.86. The Balaban J connectivity index is 2.15. The zero-order valence-electron chi connectivity index (χ0n) is 15.3. The number of halogens is 3. The smallest absolute Gasteiger partial charge is 0.329 e. The van der Waals surface area contributed by atoms with E-state index in [1.807, 2.05) is 0 Å². The number of sulfone groups is 1. The van der Waals surface area contributed by atoms with Crippen LogP contribution in [0.25, 0.3) is 0 Å². The standard InChI is InChI=1S/C20H19ClF2O5S/c21-13-3-6-16(7-4-13)29(26,27)20(17-10-14(22)5-8-18(17)23)9-1-2-15(11-20)28-12-19(24)25/h3-8,10,15H,1-2,9,11-12H2,(H,24,25)/t15-,20+/m1/s1. The Hall–Kier alpha value is -2.03. The molecular weight excluding hydrogens is 426 g/mol. The summed E-state index contributed by atoms with van der Waals surface area (Å²) in [6.07, 6.45) is -0.115. The Kier molecular flexibility index (Phi) is 6.26. The predicted molar refractivity (Wildman–Crippen MR) is 103 cm³/mol. The highest BCUT2D eigenvalue weighted by atomic mass is 35.5. The Morgan fingerprint density at radius 1 is 1.21 bits per heavy atom. The lowest BCUT2D eigenvalue weighted by Gasteiger charge is -2.40. The average molecular weight is 445 g/mol. The van der Waals surface area contributed by atoms with Gasteiger partial charge in [0.2, 0.25) is 0 Å². The number of benzene rings is 2. The van der Waals surface area contributed by atoms with Crippen LogP contribution in [-0.2, 0) is 24.1 Å². The number of ether oxygens (including phenoxy) is 1. The number of hydrogen-bond acceptors (Lipinski definition) is 4. The summed E-state index contributed by atoms with van der Waals surface area (Å²) in [5.74, 6) is -2.80. The third kappa shape index (κ3) is 4.29. The summed E-state index contributed by atoms with van der Waals surface area (Å²) in [5, 5.41) is 9.20. The maximum Gasteiger partial charge on any atom is 0.329 e. The topological polar surface area (TPSA) is 80.7 Å². The van der Waals surface area contributed by atoms with E-state index in [1.165, 1.54) is 24.3 Å². The summed E-state index contributed by atoms with van der Waals surface area (Å²) in [5.41, 5.74) is -0.281. The first-order chi connectivity index (χ1) is 13.7. The second-order valence-electron chi connectivity index (χ2n) is 7.00. The normalized spacial score (nSPS) is 22.4. The van der Waals surface area contributed by atoms with E-state index >= 15 is 0 Å². The molecule has 1 fully saturated rings. The van der Waals surface area contributed by atoms with Gasteiger partial charge in [0.15, 0.2) is 9.84 Å². The van der Waals surface area contributed by atoms with Crippen LogP contribution in [0.5, 0.6) is 0 Å². The van der Waals surface area contributed by atoms with Crippen LogP contribution < -0.4 is 0 Å². The molecular formula is C20H19ClF2O5S. The third-order valence-corrected chi connectivity index (χ3v) is 7.93. The molecule has 0 saturated heterocycles. The SMILES string of the molecule is O=C(O)CO[C@@H]1CCC[C@](c2cc(F)ccc2F)(S(=O)(=O)c2ccc(Cl)cc2)C1. The van der Waals surface area contributed by atoms with Crippen molar-refractivity contribution in [1.82, 2.24) is 0 Å². The minimum absolute atomic E-state index is 0.0469. The summed E-state index contributed by atoms with van der Waals surface area (Å²) in [6, 6.07) is 8.16. The average Bonchev–Trinajstić information content (AvgIpc) is 2.68. The van der Waals surface area contributed by atoms with Crippen LogP contribution in [0.3, 0.4) is 0 Å². The fourth-order valence-electron chi connectivity index (χ4n) is 3.84. The Morgan fingerprint density at radius 2 is 1.90 bits per heavy atom. The molecule has 0 spiro atoms. The van der Waals surface area contributed by atoms with Gasteiger partial charge in [-0.25, -0.2) is 22.0 Å². The fraction of sp³-hybridized carbons (Fsp3) is 0.350. The van der Waals surface area contributed by atoms with Crippen molar-refractivity contribution >= 4 is 27.4 Å². The second-order valence-corrected chi connectivity index (χ2v) is 9.70. The fourth-order valence-corrected chi connectivity index (χ4v) is 6.17. The highest BCUT2D eigenvalue weighted by Gasteiger charge is 2.51. The van der Waals surface area contributed by atoms with Crippen LogP contribution in [0.2, 0.25) is 5.02 Å². The van der Waals surface area contributed by atoms with Crippen LogP contribution >= 0.6 is 11.6 Å². The van der Waals surface area contributed by atoms with Crippen molar-refractivity contribution < 1.29 is 31.8 Å². The van der Waals surface area contributed by atoms with Crippen molar-refractivity contribution in [2.24, 2.45) is 0 Å². The molecule has 1 saturated carbocycles. The maximum absolute atomic E-state index is 14.8. The molecule has 156 valence electrons. The summed E-state index contributed by atoms with van der Waals surface area (Å²) in [6.45, 7) is -0.604. The summed E-state index contributed by atoms with van der Waals surface area (Å²) in [4.78, 5) is 10.8. The van der Waals surface area contributed by atoms with Crippen molar-refractivity contribution in [3.63, 3.8) is 0 Å². The Morgan fingerprint density at radius 3 is 2.55 bits per heavy atom. The van der Waals surface area contributed by atoms with Crippen molar-refractivity contribution in [3.8, 4) is 0 Å². The van der Waals surface area contributed by atoms with Crippen LogP contribution in [0.1, 0.15) is 31.2 Å². The molecule has 3 rings (SSSR count). The minimum Gasteiger partial charge on any atom is -0.480 e. The lowest BCUT2D eigenvalue weighted by molar-refractivity contribution is -0.145. The van der Waals surface area contributed by atoms with Crippen molar-refractivity contribution in [2.75, 3.05) is 6.61 Å². The molecule has 0 unspecified atom stereocenters. The van der Waals surface area contributed by atoms with Gasteiger partial charge in [-0.2, -0.15) is 0 Å². The lowest BCUT2D eigenvalue weighted by Crippen LogP contribution is -2.44. The first-order valence-electron chi connectivity index (χ1n) is 8.95. The van der Waals surface area contributed by atoms with Gasteiger partial charge in [-0.15, -0.1) is 0 Å². The van der Waals surface area contributed by atoms with Gasteiger partial charge in [0, 0.05) is 10.6 Å². The van der Waals surface area contributed by atoms with Crippen molar-refractivity contribution in [2.45, 2.75) is 41.4 Å². The molecule has 2 aromatic carbocycles. The van der Waals surface area contributed by atoms with Gasteiger partial charge in [-0.1, -0.05) is 11.6 Å². The molecule has 9 heteroatoms. The first-order valence-corrected chi connectivity index (χ1v) is 10.8. The molecule has 2 atom stereocenters. The van der Waals surface area contributed by atoms with E-state index in [0.717, 1.165) is 18.2 Å². The van der Waals surface area contributed by atoms with E-state index in [-0.39, 0.29) is 23.3 Å². The second kappa shape index (κ2) is 8.38. The van der Waals surface area contributed by atoms with Gasteiger partial charge in [-0.05, 0) is 68.1 Å². The molecule has 1 aliphatic carbocycles. The van der Waals surface area contributed by atoms with Gasteiger partial charge < -0.3 is 9.84 Å². The van der Waals surface area contributed by atoms with Crippen LogP contribution in [0.15, 0.2) is 47.4 Å². The van der Waals surface area contributed by atoms with Crippen molar-refractivity contribution in [3.05, 3.63) is 64.7 Å². The van der Waals surface area contributed by atoms with E-state index in [2.05, 4.69) is 0 Å². The van der Waals surface area contributed by atoms with Crippen molar-refractivity contribution in [1.29, 1.82) is 0 Å². The lowest BCUT2D eigenvalue weighted by atomic mass is 9.81. The van der Waals surface area contributed by atoms with E-state index in [9.17, 15) is 22.0 Å². The Labute approximate surface area is 172 Å². The molecule has 29 heavy (non-hydrogen) atoms. The molecule has 0 heterocycles. The van der Waals surface area contributed by atoms with Crippen LogP contribution in [-0.4, -0.2) is 32.2 Å². The number of carbonyl (C=O) groups is 1. The van der Waals surface area contributed by atoms with E-state index in [4.69, 9.17) is 21.4 Å². The summed E-state index contributed by atoms with van der Waals surface area (Å²) < 4.78 is 59.6. The number of carboxylic acids is 1. The molecule has 1 N–H and O–H groups in total. The van der Waals surface area contributed by atoms with Gasteiger partial charge in [0.05, 0.1) is 11.0 Å². The largest absolute Gasteiger partial charge is 0.480 e. The Bertz CT molecular complexity index is 1010. The molecule has 0 aliphatic heterocycles. The molecule has 0 aromatic heterocycles. The third-order valence-electron chi connectivity index (χ3n) is 5.16. The van der Waals surface area contributed by atoms with Crippen LogP contribution in [0.4, 0.5) is 8.78 Å². The quantitative estimate of drug-likeness (QED) is 0.717. The predicted octanol–water partition coefficient (Wildman–Crippen LogP) is 4.33. The van der Waals surface area contributed by atoms with Gasteiger partial charge in [-0.3, -0.25) is 0 Å². The van der Waals surface area contributed by atoms with Gasteiger partial charge >= 0.3 is 5.97 Å². The van der Waals surface area contributed by atoms with E-state index < -0.39 is 44.9 Å². The number of carboxylic acid groups (broad SMARTS) is 1. The summed E-state index contributed by atoms with van der Waals surface area (Å²) in [7, 11) is -4.20.